The van der Waals surface area contributed by atoms with Crippen LogP contribution in [0.5, 0.6) is 0 Å². The monoisotopic (exact) mass is 380 g/mol. The van der Waals surface area contributed by atoms with E-state index in [2.05, 4.69) is 35.2 Å². The molecule has 3 rings (SSSR count). The molecule has 0 bridgehead atoms. The van der Waals surface area contributed by atoms with Gasteiger partial charge in [-0.05, 0) is 36.8 Å². The van der Waals surface area contributed by atoms with Gasteiger partial charge in [-0.3, -0.25) is 0 Å². The lowest BCUT2D eigenvalue weighted by molar-refractivity contribution is 0.352. The van der Waals surface area contributed by atoms with E-state index in [9.17, 15) is 5.26 Å². The molecule has 2 aromatic carbocycles. The Morgan fingerprint density at radius 3 is 2.00 bits per heavy atom. The van der Waals surface area contributed by atoms with Crippen LogP contribution in [0.4, 0.5) is 0 Å². The zero-order chi connectivity index (χ0) is 18.2. The van der Waals surface area contributed by atoms with Crippen molar-refractivity contribution in [3.05, 3.63) is 71.8 Å². The number of thioether (sulfide) groups is 1. The van der Waals surface area contributed by atoms with Crippen molar-refractivity contribution in [2.24, 2.45) is 0 Å². The Kier molecular flexibility index (Phi) is 6.71. The molecule has 0 spiro atoms. The van der Waals surface area contributed by atoms with Crippen LogP contribution < -0.4 is 0 Å². The van der Waals surface area contributed by atoms with Crippen LogP contribution in [0.25, 0.3) is 0 Å². The second kappa shape index (κ2) is 9.21. The predicted molar refractivity (Wildman–Crippen MR) is 114 cm³/mol. The minimum Gasteiger partial charge on any atom is -0.358 e. The molecule has 1 aliphatic rings. The van der Waals surface area contributed by atoms with E-state index in [-0.39, 0.29) is 0 Å². The fraction of sp³-hybridized carbons (Fsp3) is 0.364. The zero-order valence-corrected chi connectivity index (χ0v) is 16.6. The minimum atomic E-state index is -0.632. The molecular weight excluding hydrogens is 356 g/mol. The maximum absolute atomic E-state index is 10.2. The van der Waals surface area contributed by atoms with Gasteiger partial charge in [-0.25, -0.2) is 0 Å². The Morgan fingerprint density at radius 1 is 0.962 bits per heavy atom. The second-order valence-electron chi connectivity index (χ2n) is 6.66. The molecule has 1 saturated heterocycles. The highest BCUT2D eigenvalue weighted by atomic mass is 32.2. The molecule has 1 aliphatic heterocycles. The van der Waals surface area contributed by atoms with Crippen molar-refractivity contribution < 1.29 is 0 Å². The van der Waals surface area contributed by atoms with E-state index in [1.54, 1.807) is 11.8 Å². The summed E-state index contributed by atoms with van der Waals surface area (Å²) in [6, 6.07) is 22.9. The molecule has 1 fully saturated rings. The molecule has 2 nitrogen and oxygen atoms in total. The van der Waals surface area contributed by atoms with Gasteiger partial charge < -0.3 is 4.90 Å². The number of likely N-dealkylation sites (tertiary alicyclic amines) is 1. The number of nitrogens with zero attached hydrogens (tertiary/aromatic N) is 2. The molecule has 0 radical (unpaired) electrons. The van der Waals surface area contributed by atoms with Crippen LogP contribution in [0.15, 0.2) is 60.7 Å². The van der Waals surface area contributed by atoms with Gasteiger partial charge in [-0.15, -0.1) is 0 Å². The van der Waals surface area contributed by atoms with Gasteiger partial charge in [0.15, 0.2) is 0 Å². The van der Waals surface area contributed by atoms with Crippen molar-refractivity contribution in [1.29, 1.82) is 5.26 Å². The summed E-state index contributed by atoms with van der Waals surface area (Å²) in [6.45, 7) is 2.15. The number of hydrogen-bond acceptors (Lipinski definition) is 3. The number of rotatable bonds is 5. The molecule has 0 atom stereocenters. The SMILES string of the molecule is N#CC(CCSC(=S)N1CCCCC1)(c1ccccc1)c1ccccc1. The summed E-state index contributed by atoms with van der Waals surface area (Å²) in [5.74, 6) is 0.840. The van der Waals surface area contributed by atoms with E-state index in [1.165, 1.54) is 19.3 Å². The van der Waals surface area contributed by atoms with Crippen molar-refractivity contribution in [2.45, 2.75) is 31.1 Å². The second-order valence-corrected chi connectivity index (χ2v) is 8.39. The van der Waals surface area contributed by atoms with E-state index < -0.39 is 5.41 Å². The maximum atomic E-state index is 10.2. The molecule has 0 aromatic heterocycles. The van der Waals surface area contributed by atoms with Gasteiger partial charge in [-0.1, -0.05) is 84.6 Å². The molecule has 1 heterocycles. The third-order valence-electron chi connectivity index (χ3n) is 5.04. The molecule has 134 valence electrons. The summed E-state index contributed by atoms with van der Waals surface area (Å²) in [7, 11) is 0. The van der Waals surface area contributed by atoms with E-state index in [0.29, 0.717) is 0 Å². The van der Waals surface area contributed by atoms with Gasteiger partial charge >= 0.3 is 0 Å². The summed E-state index contributed by atoms with van der Waals surface area (Å²) >= 11 is 7.36. The van der Waals surface area contributed by atoms with Crippen LogP contribution in [-0.2, 0) is 5.41 Å². The van der Waals surface area contributed by atoms with E-state index in [1.807, 2.05) is 36.4 Å². The highest BCUT2D eigenvalue weighted by Gasteiger charge is 2.34. The van der Waals surface area contributed by atoms with Crippen LogP contribution in [0.3, 0.4) is 0 Å². The summed E-state index contributed by atoms with van der Waals surface area (Å²) in [5, 5.41) is 10.2. The summed E-state index contributed by atoms with van der Waals surface area (Å²) in [4.78, 5) is 2.32. The molecule has 0 aliphatic carbocycles. The highest BCUT2D eigenvalue weighted by Crippen LogP contribution is 2.36. The van der Waals surface area contributed by atoms with E-state index in [0.717, 1.165) is 40.7 Å². The van der Waals surface area contributed by atoms with Gasteiger partial charge in [0.05, 0.1) is 6.07 Å². The number of hydrogen-bond donors (Lipinski definition) is 0. The first kappa shape index (κ1) is 18.9. The quantitative estimate of drug-likeness (QED) is 0.650. The standard InChI is InChI=1S/C22H24N2S2/c23-18-22(19-10-4-1-5-11-19,20-12-6-2-7-13-20)14-17-26-21(25)24-15-8-3-9-16-24/h1-2,4-7,10-13H,3,8-9,14-17H2. The molecule has 0 amide bonds. The maximum Gasteiger partial charge on any atom is 0.136 e. The summed E-state index contributed by atoms with van der Waals surface area (Å²) in [5.41, 5.74) is 1.48. The van der Waals surface area contributed by atoms with Crippen molar-refractivity contribution in [3.63, 3.8) is 0 Å². The first-order chi connectivity index (χ1) is 12.8. The number of nitriles is 1. The van der Waals surface area contributed by atoms with Gasteiger partial charge in [-0.2, -0.15) is 5.26 Å². The average Bonchev–Trinajstić information content (AvgIpc) is 2.73. The molecule has 2 aromatic rings. The average molecular weight is 381 g/mol. The molecule has 0 N–H and O–H groups in total. The Morgan fingerprint density at radius 2 is 1.50 bits per heavy atom. The van der Waals surface area contributed by atoms with Crippen LogP contribution in [-0.4, -0.2) is 28.1 Å². The molecule has 26 heavy (non-hydrogen) atoms. The van der Waals surface area contributed by atoms with Gasteiger partial charge in [0.2, 0.25) is 0 Å². The van der Waals surface area contributed by atoms with Crippen LogP contribution >= 0.6 is 24.0 Å². The van der Waals surface area contributed by atoms with Gasteiger partial charge in [0.25, 0.3) is 0 Å². The number of benzene rings is 2. The highest BCUT2D eigenvalue weighted by molar-refractivity contribution is 8.22. The van der Waals surface area contributed by atoms with Crippen LogP contribution in [0.1, 0.15) is 36.8 Å². The van der Waals surface area contributed by atoms with Gasteiger partial charge in [0, 0.05) is 18.8 Å². The number of thiocarbonyl (C=S) groups is 1. The lowest BCUT2D eigenvalue weighted by Gasteiger charge is -2.30. The molecule has 4 heteroatoms. The fourth-order valence-electron chi connectivity index (χ4n) is 3.54. The number of piperidine rings is 1. The van der Waals surface area contributed by atoms with E-state index >= 15 is 0 Å². The lowest BCUT2D eigenvalue weighted by atomic mass is 9.74. The predicted octanol–water partition coefficient (Wildman–Crippen LogP) is 5.39. The Balaban J connectivity index is 1.76. The first-order valence-corrected chi connectivity index (χ1v) is 10.6. The fourth-order valence-corrected chi connectivity index (χ4v) is 4.93. The minimum absolute atomic E-state index is 0.632. The smallest absolute Gasteiger partial charge is 0.136 e. The van der Waals surface area contributed by atoms with Crippen molar-refractivity contribution in [3.8, 4) is 6.07 Å². The van der Waals surface area contributed by atoms with Crippen molar-refractivity contribution >= 4 is 28.3 Å². The van der Waals surface area contributed by atoms with Crippen molar-refractivity contribution in [1.82, 2.24) is 4.90 Å². The lowest BCUT2D eigenvalue weighted by Crippen LogP contribution is -2.33. The Hall–Kier alpha value is -1.83. The molecule has 0 unspecified atom stereocenters. The summed E-state index contributed by atoms with van der Waals surface area (Å²) in [6.07, 6.45) is 4.52. The largest absolute Gasteiger partial charge is 0.358 e. The zero-order valence-electron chi connectivity index (χ0n) is 14.9. The third kappa shape index (κ3) is 4.28. The van der Waals surface area contributed by atoms with Crippen LogP contribution in [0, 0.1) is 11.3 Å². The van der Waals surface area contributed by atoms with Crippen molar-refractivity contribution in [2.75, 3.05) is 18.8 Å². The first-order valence-electron chi connectivity index (χ1n) is 9.20. The van der Waals surface area contributed by atoms with Crippen LogP contribution in [0.2, 0.25) is 0 Å². The Labute approximate surface area is 166 Å². The van der Waals surface area contributed by atoms with E-state index in [4.69, 9.17) is 12.2 Å². The summed E-state index contributed by atoms with van der Waals surface area (Å²) < 4.78 is 0.984. The Bertz CT molecular complexity index is 707. The van der Waals surface area contributed by atoms with Gasteiger partial charge in [0.1, 0.15) is 9.74 Å². The topological polar surface area (TPSA) is 27.0 Å². The normalized spacial score (nSPS) is 14.7. The molecule has 0 saturated carbocycles. The molecular formula is C22H24N2S2. The third-order valence-corrected chi connectivity index (χ3v) is 6.57.